The highest BCUT2D eigenvalue weighted by Gasteiger charge is 2.07. The summed E-state index contributed by atoms with van der Waals surface area (Å²) in [4.78, 5) is 12.5. The monoisotopic (exact) mass is 371 g/mol. The molecule has 0 fully saturated rings. The molecule has 4 aromatic rings. The Labute approximate surface area is 165 Å². The Morgan fingerprint density at radius 2 is 1.71 bits per heavy atom. The number of aryl methyl sites for hydroxylation is 3. The summed E-state index contributed by atoms with van der Waals surface area (Å²) in [5.41, 5.74) is 6.84. The van der Waals surface area contributed by atoms with E-state index in [9.17, 15) is 0 Å². The lowest BCUT2D eigenvalue weighted by Crippen LogP contribution is -2.09. The van der Waals surface area contributed by atoms with Crippen LogP contribution in [0.3, 0.4) is 0 Å². The molecule has 3 N–H and O–H groups in total. The molecule has 0 aliphatic heterocycles. The predicted molar refractivity (Wildman–Crippen MR) is 116 cm³/mol. The summed E-state index contributed by atoms with van der Waals surface area (Å²) in [6, 6.07) is 16.6. The van der Waals surface area contributed by atoms with Crippen LogP contribution in [0.5, 0.6) is 0 Å². The molecule has 0 bridgehead atoms. The second-order valence-corrected chi connectivity index (χ2v) is 7.15. The highest BCUT2D eigenvalue weighted by molar-refractivity contribution is 5.83. The summed E-state index contributed by atoms with van der Waals surface area (Å²) in [5.74, 6) is 1.45. The molecule has 4 rings (SSSR count). The first-order valence-electron chi connectivity index (χ1n) is 9.58. The maximum atomic E-state index is 4.65. The number of fused-ring (bicyclic) bond motifs is 1. The number of nitrogens with zero attached hydrogens (tertiary/aromatic N) is 2. The average Bonchev–Trinajstić information content (AvgIpc) is 3.08. The second kappa shape index (κ2) is 7.72. The third kappa shape index (κ3) is 3.83. The van der Waals surface area contributed by atoms with E-state index >= 15 is 0 Å². The molecule has 0 aliphatic carbocycles. The molecular weight excluding hydrogens is 346 g/mol. The van der Waals surface area contributed by atoms with Crippen molar-refractivity contribution in [1.82, 2.24) is 15.0 Å². The lowest BCUT2D eigenvalue weighted by molar-refractivity contribution is 1.00. The molecule has 0 saturated carbocycles. The van der Waals surface area contributed by atoms with Crippen molar-refractivity contribution in [2.24, 2.45) is 0 Å². The van der Waals surface area contributed by atoms with Crippen LogP contribution in [0, 0.1) is 20.8 Å². The van der Waals surface area contributed by atoms with Gasteiger partial charge in [-0.2, -0.15) is 4.98 Å². The van der Waals surface area contributed by atoms with Gasteiger partial charge in [0.1, 0.15) is 5.82 Å². The van der Waals surface area contributed by atoms with Gasteiger partial charge in [-0.15, -0.1) is 0 Å². The van der Waals surface area contributed by atoms with Gasteiger partial charge >= 0.3 is 0 Å². The zero-order valence-corrected chi connectivity index (χ0v) is 16.5. The summed E-state index contributed by atoms with van der Waals surface area (Å²) in [5, 5.41) is 8.10. The molecule has 0 spiro atoms. The van der Waals surface area contributed by atoms with Crippen LogP contribution in [-0.2, 0) is 6.42 Å². The van der Waals surface area contributed by atoms with Crippen LogP contribution in [0.15, 0.2) is 54.7 Å². The Hall–Kier alpha value is -3.34. The summed E-state index contributed by atoms with van der Waals surface area (Å²) in [6.45, 7) is 6.97. The molecule has 0 aliphatic rings. The van der Waals surface area contributed by atoms with Crippen LogP contribution in [0.25, 0.3) is 10.9 Å². The van der Waals surface area contributed by atoms with Gasteiger partial charge in [0.2, 0.25) is 5.95 Å². The van der Waals surface area contributed by atoms with Crippen molar-refractivity contribution < 1.29 is 0 Å². The maximum absolute atomic E-state index is 4.65. The van der Waals surface area contributed by atoms with Crippen LogP contribution in [0.1, 0.15) is 22.4 Å². The molecule has 0 radical (unpaired) electrons. The zero-order valence-electron chi connectivity index (χ0n) is 16.5. The normalized spacial score (nSPS) is 11.0. The molecule has 142 valence electrons. The molecule has 2 heterocycles. The van der Waals surface area contributed by atoms with Crippen LogP contribution in [-0.4, -0.2) is 21.5 Å². The van der Waals surface area contributed by atoms with Crippen molar-refractivity contribution in [1.29, 1.82) is 0 Å². The molecule has 0 atom stereocenters. The standard InChI is InChI=1S/C23H25N5/c1-15-7-6-8-16(2)22(15)28-23-26-17(3)13-21(27-23)24-12-11-18-14-25-20-10-5-4-9-19(18)20/h4-10,13-14,25H,11-12H2,1-3H3,(H2,24,26,27,28). The predicted octanol–water partition coefficient (Wildman–Crippen LogP) is 5.28. The summed E-state index contributed by atoms with van der Waals surface area (Å²) < 4.78 is 0. The Bertz CT molecular complexity index is 1090. The van der Waals surface area contributed by atoms with Crippen molar-refractivity contribution in [2.45, 2.75) is 27.2 Å². The van der Waals surface area contributed by atoms with Gasteiger partial charge in [0.25, 0.3) is 0 Å². The van der Waals surface area contributed by atoms with Crippen molar-refractivity contribution in [3.63, 3.8) is 0 Å². The number of hydrogen-bond donors (Lipinski definition) is 3. The van der Waals surface area contributed by atoms with Gasteiger partial charge in [0.15, 0.2) is 0 Å². The summed E-state index contributed by atoms with van der Waals surface area (Å²) >= 11 is 0. The Kier molecular flexibility index (Phi) is 4.98. The minimum Gasteiger partial charge on any atom is -0.370 e. The molecule has 5 heteroatoms. The highest BCUT2D eigenvalue weighted by atomic mass is 15.1. The number of aromatic nitrogens is 3. The summed E-state index contributed by atoms with van der Waals surface area (Å²) in [7, 11) is 0. The second-order valence-electron chi connectivity index (χ2n) is 7.15. The summed E-state index contributed by atoms with van der Waals surface area (Å²) in [6.07, 6.45) is 3.01. The fraction of sp³-hybridized carbons (Fsp3) is 0.217. The van der Waals surface area contributed by atoms with Crippen LogP contribution < -0.4 is 10.6 Å². The first-order valence-corrected chi connectivity index (χ1v) is 9.58. The van der Waals surface area contributed by atoms with E-state index in [2.05, 4.69) is 88.1 Å². The van der Waals surface area contributed by atoms with Gasteiger partial charge in [0, 0.05) is 41.1 Å². The first-order chi connectivity index (χ1) is 13.6. The van der Waals surface area contributed by atoms with Gasteiger partial charge in [-0.05, 0) is 49.9 Å². The van der Waals surface area contributed by atoms with Crippen molar-refractivity contribution in [2.75, 3.05) is 17.2 Å². The Balaban J connectivity index is 1.46. The van der Waals surface area contributed by atoms with Gasteiger partial charge in [-0.3, -0.25) is 0 Å². The van der Waals surface area contributed by atoms with E-state index in [4.69, 9.17) is 0 Å². The van der Waals surface area contributed by atoms with E-state index in [1.807, 2.05) is 13.0 Å². The number of rotatable bonds is 6. The number of benzene rings is 2. The Morgan fingerprint density at radius 1 is 0.929 bits per heavy atom. The van der Waals surface area contributed by atoms with Crippen molar-refractivity contribution in [3.05, 3.63) is 77.1 Å². The molecule has 28 heavy (non-hydrogen) atoms. The molecule has 5 nitrogen and oxygen atoms in total. The zero-order chi connectivity index (χ0) is 19.5. The minimum absolute atomic E-state index is 0.618. The Morgan fingerprint density at radius 3 is 2.54 bits per heavy atom. The highest BCUT2D eigenvalue weighted by Crippen LogP contribution is 2.23. The number of H-pyrrole nitrogens is 1. The lowest BCUT2D eigenvalue weighted by atomic mass is 10.1. The SMILES string of the molecule is Cc1cc(NCCc2c[nH]c3ccccc23)nc(Nc2c(C)cccc2C)n1. The number of hydrogen-bond acceptors (Lipinski definition) is 4. The van der Waals surface area contributed by atoms with E-state index in [-0.39, 0.29) is 0 Å². The average molecular weight is 371 g/mol. The van der Waals surface area contributed by atoms with Gasteiger partial charge in [-0.25, -0.2) is 4.98 Å². The fourth-order valence-electron chi connectivity index (χ4n) is 3.50. The number of nitrogens with one attached hydrogen (secondary N) is 3. The molecule has 0 unspecified atom stereocenters. The topological polar surface area (TPSA) is 65.6 Å². The van der Waals surface area contributed by atoms with Crippen molar-refractivity contribution in [3.8, 4) is 0 Å². The maximum Gasteiger partial charge on any atom is 0.229 e. The van der Waals surface area contributed by atoms with Crippen LogP contribution >= 0.6 is 0 Å². The van der Waals surface area contributed by atoms with E-state index in [0.29, 0.717) is 5.95 Å². The van der Waals surface area contributed by atoms with E-state index in [1.54, 1.807) is 0 Å². The molecule has 0 saturated heterocycles. The molecule has 2 aromatic carbocycles. The van der Waals surface area contributed by atoms with E-state index < -0.39 is 0 Å². The number of aromatic amines is 1. The smallest absolute Gasteiger partial charge is 0.229 e. The molecular formula is C23H25N5. The molecule has 0 amide bonds. The van der Waals surface area contributed by atoms with E-state index in [0.717, 1.165) is 30.2 Å². The van der Waals surface area contributed by atoms with Crippen LogP contribution in [0.2, 0.25) is 0 Å². The van der Waals surface area contributed by atoms with Gasteiger partial charge in [-0.1, -0.05) is 36.4 Å². The first kappa shape index (κ1) is 18.0. The minimum atomic E-state index is 0.618. The molecule has 2 aromatic heterocycles. The fourth-order valence-corrected chi connectivity index (χ4v) is 3.50. The van der Waals surface area contributed by atoms with Crippen molar-refractivity contribution >= 4 is 28.4 Å². The third-order valence-corrected chi connectivity index (χ3v) is 4.95. The van der Waals surface area contributed by atoms with Gasteiger partial charge in [0.05, 0.1) is 0 Å². The van der Waals surface area contributed by atoms with E-state index in [1.165, 1.54) is 27.6 Å². The van der Waals surface area contributed by atoms with Gasteiger partial charge < -0.3 is 15.6 Å². The number of para-hydroxylation sites is 2. The van der Waals surface area contributed by atoms with Crippen LogP contribution in [0.4, 0.5) is 17.5 Å². The number of anilines is 3. The largest absolute Gasteiger partial charge is 0.370 e. The quantitative estimate of drug-likeness (QED) is 0.431. The lowest BCUT2D eigenvalue weighted by Gasteiger charge is -2.13. The third-order valence-electron chi connectivity index (χ3n) is 4.95.